The Morgan fingerprint density at radius 2 is 2.10 bits per heavy atom. The fourth-order valence-electron chi connectivity index (χ4n) is 3.30. The Balaban J connectivity index is 1.97. The van der Waals surface area contributed by atoms with Gasteiger partial charge in [-0.15, -0.1) is 0 Å². The van der Waals surface area contributed by atoms with Crippen molar-refractivity contribution in [2.24, 2.45) is 0 Å². The van der Waals surface area contributed by atoms with Crippen LogP contribution in [0.3, 0.4) is 0 Å². The average molecular weight is 429 g/mol. The summed E-state index contributed by atoms with van der Waals surface area (Å²) < 4.78 is 0. The van der Waals surface area contributed by atoms with Crippen molar-refractivity contribution in [3.05, 3.63) is 74.8 Å². The largest absolute Gasteiger partial charge is 0.394 e. The van der Waals surface area contributed by atoms with E-state index in [0.717, 1.165) is 11.3 Å². The molecule has 29 heavy (non-hydrogen) atoms. The number of halogens is 2. The van der Waals surface area contributed by atoms with Gasteiger partial charge in [0.1, 0.15) is 16.9 Å². The van der Waals surface area contributed by atoms with E-state index in [9.17, 15) is 15.2 Å². The van der Waals surface area contributed by atoms with E-state index in [1.165, 1.54) is 6.20 Å². The van der Waals surface area contributed by atoms with Gasteiger partial charge in [-0.2, -0.15) is 5.26 Å². The highest BCUT2D eigenvalue weighted by Crippen LogP contribution is 2.33. The maximum Gasteiger partial charge on any atom is 0.268 e. The van der Waals surface area contributed by atoms with Gasteiger partial charge in [-0.3, -0.25) is 4.79 Å². The Morgan fingerprint density at radius 1 is 1.34 bits per heavy atom. The zero-order valence-electron chi connectivity index (χ0n) is 15.8. The van der Waals surface area contributed by atoms with E-state index < -0.39 is 6.04 Å². The number of nitrogens with one attached hydrogen (secondary N) is 2. The van der Waals surface area contributed by atoms with Crippen molar-refractivity contribution in [2.45, 2.75) is 19.9 Å². The minimum atomic E-state index is -0.613. The van der Waals surface area contributed by atoms with E-state index in [4.69, 9.17) is 23.2 Å². The molecule has 3 rings (SSSR count). The van der Waals surface area contributed by atoms with Gasteiger partial charge in [0.05, 0.1) is 18.2 Å². The number of carbonyl (C=O) groups excluding carboxylic acids is 1. The lowest BCUT2D eigenvalue weighted by Crippen LogP contribution is -2.31. The molecule has 0 radical (unpaired) electrons. The van der Waals surface area contributed by atoms with Crippen LogP contribution in [0.1, 0.15) is 38.9 Å². The van der Waals surface area contributed by atoms with Crippen molar-refractivity contribution in [2.75, 3.05) is 6.61 Å². The summed E-state index contributed by atoms with van der Waals surface area (Å²) in [5.41, 5.74) is 4.11. The van der Waals surface area contributed by atoms with E-state index in [2.05, 4.69) is 21.4 Å². The third-order valence-electron chi connectivity index (χ3n) is 4.66. The number of aryl methyl sites for hydroxylation is 1. The number of rotatable bonds is 5. The summed E-state index contributed by atoms with van der Waals surface area (Å²) in [7, 11) is 0. The van der Waals surface area contributed by atoms with Crippen molar-refractivity contribution >= 4 is 29.1 Å². The van der Waals surface area contributed by atoms with Crippen LogP contribution < -0.4 is 5.32 Å². The molecule has 1 atom stereocenters. The Morgan fingerprint density at radius 3 is 2.76 bits per heavy atom. The summed E-state index contributed by atoms with van der Waals surface area (Å²) in [6.07, 6.45) is 1.41. The minimum Gasteiger partial charge on any atom is -0.394 e. The Labute approximate surface area is 178 Å². The van der Waals surface area contributed by atoms with Crippen molar-refractivity contribution in [3.8, 4) is 17.2 Å². The van der Waals surface area contributed by atoms with Crippen LogP contribution >= 0.6 is 23.2 Å². The molecule has 0 saturated heterocycles. The number of nitrogens with zero attached hydrogens (tertiary/aromatic N) is 2. The Hall–Kier alpha value is -2.85. The number of hydrogen-bond donors (Lipinski definition) is 3. The highest BCUT2D eigenvalue weighted by molar-refractivity contribution is 6.30. The van der Waals surface area contributed by atoms with E-state index in [-0.39, 0.29) is 17.7 Å². The number of amides is 1. The van der Waals surface area contributed by atoms with Crippen LogP contribution in [0, 0.1) is 25.2 Å². The molecule has 0 fully saturated rings. The Bertz CT molecular complexity index is 1120. The summed E-state index contributed by atoms with van der Waals surface area (Å²) in [6.45, 7) is 3.32. The molecule has 0 unspecified atom stereocenters. The number of H-pyrrole nitrogens is 1. The van der Waals surface area contributed by atoms with E-state index in [0.29, 0.717) is 33.0 Å². The highest BCUT2D eigenvalue weighted by atomic mass is 35.5. The van der Waals surface area contributed by atoms with Gasteiger partial charge in [-0.1, -0.05) is 35.3 Å². The lowest BCUT2D eigenvalue weighted by Gasteiger charge is -2.17. The normalized spacial score (nSPS) is 11.7. The Kier molecular flexibility index (Phi) is 6.23. The van der Waals surface area contributed by atoms with Gasteiger partial charge in [0, 0.05) is 28.0 Å². The molecule has 2 aromatic heterocycles. The summed E-state index contributed by atoms with van der Waals surface area (Å²) in [5.74, 6) is -0.380. The molecule has 2 heterocycles. The molecule has 0 aliphatic rings. The minimum absolute atomic E-state index is 0.256. The molecule has 0 aliphatic heterocycles. The van der Waals surface area contributed by atoms with Gasteiger partial charge < -0.3 is 15.4 Å². The third-order valence-corrected chi connectivity index (χ3v) is 5.11. The maximum absolute atomic E-state index is 12.9. The summed E-state index contributed by atoms with van der Waals surface area (Å²) in [5, 5.41) is 22.7. The zero-order chi connectivity index (χ0) is 21.1. The second kappa shape index (κ2) is 8.66. The number of nitriles is 1. The molecular weight excluding hydrogens is 411 g/mol. The van der Waals surface area contributed by atoms with Crippen LogP contribution in [-0.2, 0) is 0 Å². The average Bonchev–Trinajstić information content (AvgIpc) is 3.00. The van der Waals surface area contributed by atoms with Gasteiger partial charge in [0.25, 0.3) is 5.91 Å². The number of benzene rings is 1. The van der Waals surface area contributed by atoms with E-state index in [1.54, 1.807) is 37.3 Å². The molecule has 3 N–H and O–H groups in total. The van der Waals surface area contributed by atoms with E-state index >= 15 is 0 Å². The van der Waals surface area contributed by atoms with Crippen LogP contribution in [-0.4, -0.2) is 27.6 Å². The second-order valence-electron chi connectivity index (χ2n) is 6.55. The van der Waals surface area contributed by atoms with Crippen molar-refractivity contribution in [3.63, 3.8) is 0 Å². The number of carbonyl (C=O) groups is 1. The van der Waals surface area contributed by atoms with Crippen molar-refractivity contribution < 1.29 is 9.90 Å². The quantitative estimate of drug-likeness (QED) is 0.526. The molecule has 0 spiro atoms. The molecule has 0 bridgehead atoms. The first kappa shape index (κ1) is 20.9. The SMILES string of the molecule is Cc1[nH]c(C(=O)N[C@H](CO)c2cccc(Cl)c2)c(C)c1-c1cc(Cl)ncc1C#N. The summed E-state index contributed by atoms with van der Waals surface area (Å²) in [4.78, 5) is 19.9. The molecule has 0 saturated carbocycles. The maximum atomic E-state index is 12.9. The molecule has 148 valence electrons. The zero-order valence-corrected chi connectivity index (χ0v) is 17.3. The van der Waals surface area contributed by atoms with Gasteiger partial charge in [0.15, 0.2) is 0 Å². The molecule has 1 amide bonds. The van der Waals surface area contributed by atoms with Gasteiger partial charge in [0.2, 0.25) is 0 Å². The predicted molar refractivity (Wildman–Crippen MR) is 112 cm³/mol. The standard InChI is InChI=1S/C21H18Cl2N4O2/c1-11-19(16-7-18(23)25-9-14(16)8-24)12(2)26-20(11)21(29)27-17(10-28)13-4-3-5-15(22)6-13/h3-7,9,17,26,28H,10H2,1-2H3,(H,27,29)/t17-/m1/s1. The molecule has 3 aromatic rings. The number of aromatic nitrogens is 2. The van der Waals surface area contributed by atoms with Crippen LogP contribution in [0.2, 0.25) is 10.2 Å². The van der Waals surface area contributed by atoms with Crippen molar-refractivity contribution in [1.82, 2.24) is 15.3 Å². The van der Waals surface area contributed by atoms with Crippen LogP contribution in [0.4, 0.5) is 0 Å². The fraction of sp³-hybridized carbons (Fsp3) is 0.190. The molecule has 0 aliphatic carbocycles. The van der Waals surface area contributed by atoms with Gasteiger partial charge in [-0.25, -0.2) is 4.98 Å². The molecule has 8 heteroatoms. The second-order valence-corrected chi connectivity index (χ2v) is 7.38. The highest BCUT2D eigenvalue weighted by Gasteiger charge is 2.23. The first-order valence-corrected chi connectivity index (χ1v) is 9.53. The van der Waals surface area contributed by atoms with E-state index in [1.807, 2.05) is 6.92 Å². The van der Waals surface area contributed by atoms with Gasteiger partial charge >= 0.3 is 0 Å². The molecular formula is C21H18Cl2N4O2. The monoisotopic (exact) mass is 428 g/mol. The van der Waals surface area contributed by atoms with Crippen LogP contribution in [0.25, 0.3) is 11.1 Å². The third kappa shape index (κ3) is 4.28. The summed E-state index contributed by atoms with van der Waals surface area (Å²) in [6, 6.07) is 10.0. The fourth-order valence-corrected chi connectivity index (χ4v) is 3.65. The van der Waals surface area contributed by atoms with Crippen LogP contribution in [0.5, 0.6) is 0 Å². The predicted octanol–water partition coefficient (Wildman–Crippen LogP) is 4.34. The smallest absolute Gasteiger partial charge is 0.268 e. The molecule has 1 aromatic carbocycles. The lowest BCUT2D eigenvalue weighted by molar-refractivity contribution is 0.0911. The first-order chi connectivity index (χ1) is 13.8. The number of aliphatic hydroxyl groups is 1. The topological polar surface area (TPSA) is 102 Å². The number of aliphatic hydroxyl groups excluding tert-OH is 1. The molecule has 6 nitrogen and oxygen atoms in total. The first-order valence-electron chi connectivity index (χ1n) is 8.78. The summed E-state index contributed by atoms with van der Waals surface area (Å²) >= 11 is 12.0. The number of pyridine rings is 1. The number of aromatic amines is 1. The lowest BCUT2D eigenvalue weighted by atomic mass is 9.98. The van der Waals surface area contributed by atoms with Crippen LogP contribution in [0.15, 0.2) is 36.5 Å². The van der Waals surface area contributed by atoms with Gasteiger partial charge in [-0.05, 0) is 43.2 Å². The number of hydrogen-bond acceptors (Lipinski definition) is 4. The van der Waals surface area contributed by atoms with Crippen molar-refractivity contribution in [1.29, 1.82) is 5.26 Å².